The second-order valence-corrected chi connectivity index (χ2v) is 20.3. The van der Waals surface area contributed by atoms with Crippen molar-refractivity contribution in [3.05, 3.63) is 0 Å². The van der Waals surface area contributed by atoms with Crippen LogP contribution in [0.15, 0.2) is 0 Å². The van der Waals surface area contributed by atoms with Crippen LogP contribution in [-0.2, 0) is 0 Å². The Bertz CT molecular complexity index is 726. The summed E-state index contributed by atoms with van der Waals surface area (Å²) in [6, 6.07) is 0. The van der Waals surface area contributed by atoms with Gasteiger partial charge in [-0.3, -0.25) is 0 Å². The first-order chi connectivity index (χ1) is 29.8. The summed E-state index contributed by atoms with van der Waals surface area (Å²) in [6.07, 6.45) is 71.3. The molecule has 1 aliphatic rings. The fourth-order valence-corrected chi connectivity index (χ4v) is 10.1. The van der Waals surface area contributed by atoms with E-state index in [1.54, 1.807) is 0 Å². The highest BCUT2D eigenvalue weighted by Crippen LogP contribution is 2.21. The van der Waals surface area contributed by atoms with Gasteiger partial charge in [-0.2, -0.15) is 5.12 Å². The van der Waals surface area contributed by atoms with Gasteiger partial charge in [-0.25, -0.2) is 10.0 Å². The molecule has 360 valence electrons. The van der Waals surface area contributed by atoms with Crippen LogP contribution in [0, 0.1) is 0 Å². The maximum Gasteiger partial charge on any atom is 0.0293 e. The lowest BCUT2D eigenvalue weighted by molar-refractivity contribution is -0.212. The molecule has 0 amide bonds. The third kappa shape index (κ3) is 40.6. The number of rotatable bonds is 51. The molecular formula is C57H117N3. The zero-order valence-electron chi connectivity index (χ0n) is 42.5. The van der Waals surface area contributed by atoms with E-state index >= 15 is 0 Å². The summed E-state index contributed by atoms with van der Waals surface area (Å²) in [7, 11) is 0. The third-order valence-electron chi connectivity index (χ3n) is 14.2. The minimum Gasteiger partial charge on any atom is -0.228 e. The molecular weight excluding hydrogens is 727 g/mol. The predicted octanol–water partition coefficient (Wildman–Crippen LogP) is 19.9. The van der Waals surface area contributed by atoms with Gasteiger partial charge in [0.25, 0.3) is 0 Å². The summed E-state index contributed by atoms with van der Waals surface area (Å²) in [5, 5.41) is 8.37. The number of nitrogens with zero attached hydrogens (tertiary/aromatic N) is 3. The largest absolute Gasteiger partial charge is 0.228 e. The summed E-state index contributed by atoms with van der Waals surface area (Å²) in [4.78, 5) is 0. The van der Waals surface area contributed by atoms with Gasteiger partial charge in [0, 0.05) is 32.7 Å². The van der Waals surface area contributed by atoms with E-state index < -0.39 is 0 Å². The maximum absolute atomic E-state index is 2.80. The quantitative estimate of drug-likeness (QED) is 0.0565. The van der Waals surface area contributed by atoms with Crippen molar-refractivity contribution in [3.63, 3.8) is 0 Å². The molecule has 0 spiro atoms. The first kappa shape index (κ1) is 57.9. The molecule has 0 atom stereocenters. The molecule has 0 bridgehead atoms. The Morgan fingerprint density at radius 2 is 0.367 bits per heavy atom. The van der Waals surface area contributed by atoms with Crippen LogP contribution in [0.25, 0.3) is 0 Å². The van der Waals surface area contributed by atoms with Crippen molar-refractivity contribution >= 4 is 0 Å². The summed E-state index contributed by atoms with van der Waals surface area (Å²) in [5.41, 5.74) is 0. The van der Waals surface area contributed by atoms with Crippen LogP contribution in [0.4, 0.5) is 0 Å². The molecule has 1 saturated heterocycles. The monoisotopic (exact) mass is 844 g/mol. The van der Waals surface area contributed by atoms with E-state index in [9.17, 15) is 0 Å². The Kier molecular flexibility index (Phi) is 48.1. The molecule has 0 aromatic carbocycles. The molecule has 3 heteroatoms. The van der Waals surface area contributed by atoms with Crippen LogP contribution >= 0.6 is 0 Å². The number of hydrogen-bond donors (Lipinski definition) is 0. The lowest BCUT2D eigenvalue weighted by Gasteiger charge is -2.46. The molecule has 0 aliphatic carbocycles. The van der Waals surface area contributed by atoms with Crippen molar-refractivity contribution in [2.45, 2.75) is 335 Å². The van der Waals surface area contributed by atoms with Crippen LogP contribution in [0.3, 0.4) is 0 Å². The summed E-state index contributed by atoms with van der Waals surface area (Å²) >= 11 is 0. The van der Waals surface area contributed by atoms with Gasteiger partial charge in [0.05, 0.1) is 0 Å². The molecule has 1 fully saturated rings. The van der Waals surface area contributed by atoms with Crippen molar-refractivity contribution < 1.29 is 0 Å². The highest BCUT2D eigenvalue weighted by Gasteiger charge is 2.25. The second kappa shape index (κ2) is 49.9. The Hall–Kier alpha value is -0.120. The number of unbranched alkanes of at least 4 members (excludes halogenated alkanes) is 45. The van der Waals surface area contributed by atoms with Crippen LogP contribution in [0.1, 0.15) is 335 Å². The zero-order chi connectivity index (χ0) is 42.9. The molecule has 0 N–H and O–H groups in total. The van der Waals surface area contributed by atoms with Crippen LogP contribution in [-0.4, -0.2) is 47.9 Å². The van der Waals surface area contributed by atoms with Gasteiger partial charge in [0.1, 0.15) is 0 Å². The molecule has 0 unspecified atom stereocenters. The van der Waals surface area contributed by atoms with Crippen molar-refractivity contribution in [2.75, 3.05) is 32.7 Å². The van der Waals surface area contributed by atoms with Crippen LogP contribution in [0.5, 0.6) is 0 Å². The van der Waals surface area contributed by atoms with E-state index in [-0.39, 0.29) is 0 Å². The highest BCUT2D eigenvalue weighted by atomic mass is 15.9. The molecule has 3 nitrogen and oxygen atoms in total. The van der Waals surface area contributed by atoms with Crippen LogP contribution in [0.2, 0.25) is 0 Å². The Labute approximate surface area is 381 Å². The first-order valence-corrected chi connectivity index (χ1v) is 29.1. The van der Waals surface area contributed by atoms with Gasteiger partial charge in [-0.05, 0) is 25.7 Å². The van der Waals surface area contributed by atoms with E-state index in [1.807, 2.05) is 0 Å². The second-order valence-electron chi connectivity index (χ2n) is 20.3. The highest BCUT2D eigenvalue weighted by molar-refractivity contribution is 4.68. The van der Waals surface area contributed by atoms with Gasteiger partial charge in [0.2, 0.25) is 0 Å². The minimum absolute atomic E-state index is 1.26. The van der Waals surface area contributed by atoms with E-state index in [0.717, 1.165) is 0 Å². The third-order valence-corrected chi connectivity index (χ3v) is 14.2. The first-order valence-electron chi connectivity index (χ1n) is 29.1. The van der Waals surface area contributed by atoms with Crippen LogP contribution < -0.4 is 0 Å². The Morgan fingerprint density at radius 1 is 0.200 bits per heavy atom. The maximum atomic E-state index is 2.80. The molecule has 0 radical (unpaired) electrons. The lowest BCUT2D eigenvalue weighted by atomic mass is 10.0. The molecule has 1 aliphatic heterocycles. The fraction of sp³-hybridized carbons (Fsp3) is 1.00. The van der Waals surface area contributed by atoms with Gasteiger partial charge >= 0.3 is 0 Å². The lowest BCUT2D eigenvalue weighted by Crippen LogP contribution is -2.58. The summed E-state index contributed by atoms with van der Waals surface area (Å²) < 4.78 is 0. The van der Waals surface area contributed by atoms with Crippen molar-refractivity contribution in [1.29, 1.82) is 0 Å². The number of hydrogen-bond acceptors (Lipinski definition) is 3. The van der Waals surface area contributed by atoms with Gasteiger partial charge in [-0.15, -0.1) is 0 Å². The number of hydrazine groups is 2. The van der Waals surface area contributed by atoms with Gasteiger partial charge in [-0.1, -0.05) is 310 Å². The molecule has 60 heavy (non-hydrogen) atoms. The van der Waals surface area contributed by atoms with Crippen molar-refractivity contribution in [3.8, 4) is 0 Å². The van der Waals surface area contributed by atoms with E-state index in [0.29, 0.717) is 0 Å². The summed E-state index contributed by atoms with van der Waals surface area (Å²) in [6.45, 7) is 13.4. The molecule has 0 aromatic heterocycles. The molecule has 1 heterocycles. The van der Waals surface area contributed by atoms with E-state index in [4.69, 9.17) is 0 Å². The molecule has 0 saturated carbocycles. The van der Waals surface area contributed by atoms with E-state index in [2.05, 4.69) is 35.9 Å². The fourth-order valence-electron chi connectivity index (χ4n) is 10.1. The van der Waals surface area contributed by atoms with Crippen molar-refractivity contribution in [1.82, 2.24) is 15.1 Å². The zero-order valence-corrected chi connectivity index (χ0v) is 42.5. The Balaban J connectivity index is 2.24. The standard InChI is InChI=1S/C57H117N3/c1-4-7-10-13-16-19-22-25-28-31-34-37-40-43-46-49-53-58-55-52-56-59(54-50-47-44-41-38-35-32-29-26-23-20-17-14-11-8-5-2)60(58)57-51-48-45-42-39-36-33-30-27-24-21-18-15-12-9-6-3/h4-57H2,1-3H3. The normalized spacial score (nSPS) is 14.2. The van der Waals surface area contributed by atoms with E-state index in [1.165, 1.54) is 347 Å². The smallest absolute Gasteiger partial charge is 0.0293 e. The van der Waals surface area contributed by atoms with Gasteiger partial charge < -0.3 is 0 Å². The minimum atomic E-state index is 1.26. The molecule has 0 aromatic rings. The Morgan fingerprint density at radius 3 is 0.567 bits per heavy atom. The van der Waals surface area contributed by atoms with Crippen molar-refractivity contribution in [2.24, 2.45) is 0 Å². The van der Waals surface area contributed by atoms with Gasteiger partial charge in [0.15, 0.2) is 0 Å². The predicted molar refractivity (Wildman–Crippen MR) is 273 cm³/mol. The average Bonchev–Trinajstić information content (AvgIpc) is 3.26. The topological polar surface area (TPSA) is 9.72 Å². The SMILES string of the molecule is CCCCCCCCCCCCCCCCCCN1CCCN(CCCCCCCCCCCCCCCCCC)N1CCCCCCCCCCCCCCCCCC. The average molecular weight is 845 g/mol. The molecule has 1 rings (SSSR count). The summed E-state index contributed by atoms with van der Waals surface area (Å²) in [5.74, 6) is 0.